The molecule has 8 saturated carbocycles. The van der Waals surface area contributed by atoms with Crippen LogP contribution in [0.5, 0.6) is 0 Å². The summed E-state index contributed by atoms with van der Waals surface area (Å²) in [7, 11) is 0. The first-order valence-electron chi connectivity index (χ1n) is 48.8. The van der Waals surface area contributed by atoms with Crippen LogP contribution in [0.3, 0.4) is 0 Å². The van der Waals surface area contributed by atoms with Gasteiger partial charge in [0.25, 0.3) is 17.7 Å². The van der Waals surface area contributed by atoms with Gasteiger partial charge in [0.1, 0.15) is 36.3 Å². The van der Waals surface area contributed by atoms with Crippen molar-refractivity contribution < 1.29 is 86.3 Å². The minimum Gasteiger partial charge on any atom is -0.363 e. The molecule has 0 bridgehead atoms. The normalized spacial score (nSPS) is 25.3. The first kappa shape index (κ1) is 106. The molecule has 3 saturated heterocycles. The first-order valence-corrected chi connectivity index (χ1v) is 48.8. The zero-order chi connectivity index (χ0) is 99.4. The van der Waals surface area contributed by atoms with Crippen LogP contribution >= 0.6 is 0 Å². The molecule has 14 N–H and O–H groups in total. The lowest BCUT2D eigenvalue weighted by Gasteiger charge is -2.38. The summed E-state index contributed by atoms with van der Waals surface area (Å²) in [6.45, 7) is 40.8. The molecule has 0 spiro atoms. The zero-order valence-electron chi connectivity index (χ0n) is 82.3. The standard InChI is InChI=1S/C36H49N5O6.C33H53N5O6.C32H49N5O6/c1-10-12-18-24(29(43)32(45)37-19-11-2)38-31(44)27-25-23(36(25,8)9)20-41(27)33(46)30(35(5,6)7)40-34(47)39-26(21(3)4)28(42)22-16-14-13-15-17-22;1-17(2)23(25(39)19-11-9-8-10-12-19)36-31(44)37-27(32(3,4)5)30(43)38-16-20-22(33(20,6)7)24(38)29(42)35-21(15-18-13-14-18)26(40)28(34)41;1-31(2,3)26(36-30(43)35-22(17-8-6-7-9-17)24(38)18-12-13-18)29(42)37-15-19-21(32(19,4)5)23(37)28(41)34-20(14-16-10-11-16)25(39)27(33)40/h1,11,13-17,21,23-27,30H,2,12,18-20H2,3-9H3,(H,37,45)(H,38,44)(H2,39,40,47);17-24,27H,8-16H2,1-7H3,(H2,34,41)(H,35,42)(H2,36,37,44);16-23,26H,6-15H2,1-5H3,(H2,33,40)(H,34,41)(H2,35,36,43)/t23-,24?,25-,26-,27-,30+;20-,21?,22-,23-,24-,27+;19-,20?,21-,22-,23-,26+/m000/s1. The van der Waals surface area contributed by atoms with Crippen molar-refractivity contribution in [3.63, 3.8) is 0 Å². The van der Waals surface area contributed by atoms with Crippen LogP contribution in [0.4, 0.5) is 14.4 Å². The van der Waals surface area contributed by atoms with Crippen molar-refractivity contribution in [3.8, 4) is 12.3 Å². The summed E-state index contributed by atoms with van der Waals surface area (Å²) in [5.74, 6) is -5.98. The van der Waals surface area contributed by atoms with Gasteiger partial charge in [-0.05, 0) is 155 Å². The van der Waals surface area contributed by atoms with Gasteiger partial charge in [-0.15, -0.1) is 18.9 Å². The summed E-state index contributed by atoms with van der Waals surface area (Å²) in [5, 5.41) is 27.8. The van der Waals surface area contributed by atoms with Gasteiger partial charge in [0.15, 0.2) is 17.3 Å². The highest BCUT2D eigenvalue weighted by molar-refractivity contribution is 6.39. The highest BCUT2D eigenvalue weighted by Gasteiger charge is 2.73. The third-order valence-electron chi connectivity index (χ3n) is 30.6. The lowest BCUT2D eigenvalue weighted by Crippen LogP contribution is -2.62. The predicted molar refractivity (Wildman–Crippen MR) is 502 cm³/mol. The summed E-state index contributed by atoms with van der Waals surface area (Å²) in [5.41, 5.74) is 8.28. The van der Waals surface area contributed by atoms with Crippen molar-refractivity contribution in [2.75, 3.05) is 26.2 Å². The topological polar surface area (TPSA) is 489 Å². The molecule has 15 amide bonds. The average Bonchev–Trinajstić information content (AvgIpc) is 1.53. The van der Waals surface area contributed by atoms with Gasteiger partial charge >= 0.3 is 18.1 Å². The van der Waals surface area contributed by atoms with E-state index in [2.05, 4.69) is 93.4 Å². The lowest BCUT2D eigenvalue weighted by atomic mass is 9.81. The van der Waals surface area contributed by atoms with Gasteiger partial charge in [-0.2, -0.15) is 0 Å². The number of Topliss-reactive ketones (excluding diaryl/α,β-unsaturated/α-hetero) is 6. The Labute approximate surface area is 790 Å². The van der Waals surface area contributed by atoms with Crippen LogP contribution in [-0.2, 0) is 67.1 Å². The second-order valence-electron chi connectivity index (χ2n) is 45.6. The van der Waals surface area contributed by atoms with E-state index in [0.717, 1.165) is 96.3 Å². The summed E-state index contributed by atoms with van der Waals surface area (Å²) in [6, 6.07) is -4.08. The number of nitrogens with zero attached hydrogens (tertiary/aromatic N) is 3. The van der Waals surface area contributed by atoms with Crippen molar-refractivity contribution in [2.45, 2.75) is 326 Å². The number of amides is 15. The second kappa shape index (κ2) is 42.5. The molecule has 3 unspecified atom stereocenters. The highest BCUT2D eigenvalue weighted by Crippen LogP contribution is 2.67. The molecule has 33 heteroatoms. The monoisotopic (exact) mass is 1860 g/mol. The van der Waals surface area contributed by atoms with Crippen LogP contribution in [0.25, 0.3) is 0 Å². The third-order valence-corrected chi connectivity index (χ3v) is 30.6. The second-order valence-corrected chi connectivity index (χ2v) is 45.6. The van der Waals surface area contributed by atoms with E-state index >= 15 is 0 Å². The number of hydrogen-bond acceptors (Lipinski definition) is 18. The number of piperidine rings is 3. The number of benzene rings is 1. The number of nitrogens with one attached hydrogen (secondary N) is 10. The number of primary amides is 2. The SMILES string of the molecule is C#CCCC(NC(=O)[C@@H]1[C@@H]2[C@H](CN1C(=O)[C@@H](NC(=O)N[C@H](C(=O)c1ccccc1)C(C)C)C(C)(C)C)C2(C)C)C(=O)C(=O)NCC=C.CC(C)(C)[C@H](NC(=O)N[C@H](C(=O)C1CC1)C1CCCC1)C(=O)N1C[C@H]2[C@@H]([C@H]1C(=O)NC(CC1CC1)C(=O)C(N)=O)C2(C)C.CC(C)[C@H](NC(=O)N[C@H](C(=O)N1C[C@H]2[C@@H]([C@H]1C(=O)NC(CC1CC1)C(=O)C(N)=O)C2(C)C)C(C)(C)C)C(=O)C1CCCCC1. The zero-order valence-corrected chi connectivity index (χ0v) is 82.3. The molecule has 33 nitrogen and oxygen atoms in total. The molecule has 1 aromatic carbocycles. The molecule has 134 heavy (non-hydrogen) atoms. The molecule has 11 fully saturated rings. The Bertz CT molecular complexity index is 4680. The minimum absolute atomic E-state index is 0.00933. The maximum Gasteiger partial charge on any atom is 0.316 e. The van der Waals surface area contributed by atoms with Crippen LogP contribution < -0.4 is 64.6 Å². The van der Waals surface area contributed by atoms with Crippen molar-refractivity contribution in [1.29, 1.82) is 0 Å². The van der Waals surface area contributed by atoms with Crippen LogP contribution in [0, 0.1) is 122 Å². The highest BCUT2D eigenvalue weighted by atomic mass is 16.2. The molecule has 3 heterocycles. The maximum absolute atomic E-state index is 14.3. The van der Waals surface area contributed by atoms with Crippen LogP contribution in [0.2, 0.25) is 0 Å². The van der Waals surface area contributed by atoms with E-state index in [1.54, 1.807) is 56.0 Å². The number of carbonyl (C=O) groups excluding carboxylic acids is 18. The molecular weight excluding hydrogens is 1710 g/mol. The van der Waals surface area contributed by atoms with E-state index in [9.17, 15) is 86.3 Å². The van der Waals surface area contributed by atoms with Gasteiger partial charge in [-0.1, -0.05) is 226 Å². The number of ketones is 6. The van der Waals surface area contributed by atoms with Crippen molar-refractivity contribution in [2.24, 2.45) is 121 Å². The van der Waals surface area contributed by atoms with E-state index in [4.69, 9.17) is 17.9 Å². The van der Waals surface area contributed by atoms with Gasteiger partial charge in [-0.25, -0.2) is 14.4 Å². The quantitative estimate of drug-likeness (QED) is 0.0131. The van der Waals surface area contributed by atoms with Gasteiger partial charge in [0, 0.05) is 50.0 Å². The molecule has 8 aliphatic carbocycles. The summed E-state index contributed by atoms with van der Waals surface area (Å²) < 4.78 is 0. The Balaban J connectivity index is 0.000000208. The number of nitrogens with two attached hydrogens (primary N) is 2. The van der Waals surface area contributed by atoms with Crippen molar-refractivity contribution >= 4 is 106 Å². The first-order chi connectivity index (χ1) is 62.5. The summed E-state index contributed by atoms with van der Waals surface area (Å²) >= 11 is 0. The fourth-order valence-corrected chi connectivity index (χ4v) is 21.5. The molecule has 11 aliphatic rings. The number of terminal acetylenes is 1. The molecule has 0 aromatic heterocycles. The number of likely N-dealkylation sites (tertiary alicyclic amines) is 3. The fraction of sp³-hybridized carbons (Fsp3) is 0.723. The van der Waals surface area contributed by atoms with Crippen LogP contribution in [0.15, 0.2) is 43.0 Å². The maximum atomic E-state index is 14.3. The lowest BCUT2D eigenvalue weighted by molar-refractivity contribution is -0.145. The molecule has 738 valence electrons. The van der Waals surface area contributed by atoms with Crippen molar-refractivity contribution in [1.82, 2.24) is 67.9 Å². The smallest absolute Gasteiger partial charge is 0.316 e. The predicted octanol–water partition coefficient (Wildman–Crippen LogP) is 7.62. The Hall–Kier alpha value is -10.4. The van der Waals surface area contributed by atoms with E-state index in [1.165, 1.54) is 15.9 Å². The Morgan fingerprint density at radius 3 is 1.16 bits per heavy atom. The minimum atomic E-state index is -1.18. The number of urea groups is 3. The number of carbonyl (C=O) groups is 18. The van der Waals surface area contributed by atoms with Crippen LogP contribution in [0.1, 0.15) is 264 Å². The molecule has 18 atom stereocenters. The van der Waals surface area contributed by atoms with Gasteiger partial charge in [-0.3, -0.25) is 71.9 Å². The Kier molecular flexibility index (Phi) is 33.5. The van der Waals surface area contributed by atoms with E-state index in [-0.39, 0.29) is 142 Å². The molecular formula is C101H151N15O18. The fourth-order valence-electron chi connectivity index (χ4n) is 21.5. The largest absolute Gasteiger partial charge is 0.363 e. The van der Waals surface area contributed by atoms with E-state index in [0.29, 0.717) is 31.5 Å². The third kappa shape index (κ3) is 25.1. The van der Waals surface area contributed by atoms with E-state index in [1.807, 2.05) is 83.1 Å². The summed E-state index contributed by atoms with van der Waals surface area (Å²) in [6.07, 6.45) is 21.8. The molecule has 0 radical (unpaired) electrons. The number of rotatable bonds is 38. The molecule has 12 rings (SSSR count). The average molecular weight is 1860 g/mol. The van der Waals surface area contributed by atoms with Gasteiger partial charge < -0.3 is 79.3 Å². The van der Waals surface area contributed by atoms with Crippen molar-refractivity contribution in [3.05, 3.63) is 48.6 Å². The van der Waals surface area contributed by atoms with Crippen LogP contribution in [-0.4, -0.2) is 219 Å². The summed E-state index contributed by atoms with van der Waals surface area (Å²) in [4.78, 5) is 243. The number of hydrogen-bond donors (Lipinski definition) is 12. The Morgan fingerprint density at radius 1 is 0.455 bits per heavy atom. The van der Waals surface area contributed by atoms with E-state index < -0.39 is 171 Å². The van der Waals surface area contributed by atoms with Gasteiger partial charge in [0.2, 0.25) is 52.8 Å². The Morgan fingerprint density at radius 2 is 0.813 bits per heavy atom. The molecule has 1 aromatic rings. The molecule has 3 aliphatic heterocycles. The number of fused-ring (bicyclic) bond motifs is 3. The van der Waals surface area contributed by atoms with Gasteiger partial charge in [0.05, 0.1) is 36.3 Å².